The minimum atomic E-state index is -1.33. The van der Waals surface area contributed by atoms with Crippen molar-refractivity contribution in [1.82, 2.24) is 24.1 Å². The zero-order valence-electron chi connectivity index (χ0n) is 28.3. The fourth-order valence-electron chi connectivity index (χ4n) is 3.85. The topological polar surface area (TPSA) is 140 Å². The summed E-state index contributed by atoms with van der Waals surface area (Å²) < 4.78 is 25.4. The molecule has 0 aliphatic rings. The molecule has 0 unspecified atom stereocenters. The number of fused-ring (bicyclic) bond motifs is 1. The van der Waals surface area contributed by atoms with Crippen LogP contribution in [0.5, 0.6) is 0 Å². The van der Waals surface area contributed by atoms with Crippen LogP contribution in [0.4, 0.5) is 20.3 Å². The lowest BCUT2D eigenvalue weighted by atomic mass is 10.2. The van der Waals surface area contributed by atoms with E-state index in [1.165, 1.54) is 18.5 Å². The van der Waals surface area contributed by atoms with Gasteiger partial charge in [-0.15, -0.1) is 4.90 Å². The highest BCUT2D eigenvalue weighted by Gasteiger charge is 2.39. The van der Waals surface area contributed by atoms with E-state index in [9.17, 15) is 14.4 Å². The summed E-state index contributed by atoms with van der Waals surface area (Å²) in [6, 6.07) is 2.47. The number of hydrogen-bond acceptors (Lipinski definition) is 10. The van der Waals surface area contributed by atoms with Gasteiger partial charge in [-0.2, -0.15) is 0 Å². The van der Waals surface area contributed by atoms with Gasteiger partial charge < -0.3 is 18.9 Å². The third-order valence-corrected chi connectivity index (χ3v) is 7.73. The van der Waals surface area contributed by atoms with Gasteiger partial charge >= 0.3 is 18.3 Å². The SMILES string of the molecule is CC(C)(C)OC(=O)N(C(=O)OC(C)(C)C)c1nc2c(-c3ncc(Cl)n3COCC[Si](C)(C)C)nccc2n1C(=O)OC(C)(C)C. The molecule has 3 rings (SSSR count). The second-order valence-electron chi connectivity index (χ2n) is 14.7. The Labute approximate surface area is 270 Å². The maximum absolute atomic E-state index is 13.7. The van der Waals surface area contributed by atoms with Gasteiger partial charge in [0.1, 0.15) is 39.9 Å². The molecule has 3 aromatic rings. The first-order valence-corrected chi connectivity index (χ1v) is 18.7. The summed E-state index contributed by atoms with van der Waals surface area (Å²) >= 11 is 6.50. The van der Waals surface area contributed by atoms with Crippen molar-refractivity contribution in [2.24, 2.45) is 0 Å². The molecule has 0 atom stereocenters. The summed E-state index contributed by atoms with van der Waals surface area (Å²) in [5.74, 6) is -0.104. The monoisotopic (exact) mass is 664 g/mol. The minimum Gasteiger partial charge on any atom is -0.443 e. The summed E-state index contributed by atoms with van der Waals surface area (Å²) in [5, 5.41) is 0.299. The van der Waals surface area contributed by atoms with Crippen LogP contribution in [0.2, 0.25) is 30.8 Å². The van der Waals surface area contributed by atoms with E-state index in [2.05, 4.69) is 34.6 Å². The molecule has 0 radical (unpaired) electrons. The number of pyridine rings is 1. The number of hydrogen-bond donors (Lipinski definition) is 0. The molecule has 0 N–H and O–H groups in total. The van der Waals surface area contributed by atoms with Crippen LogP contribution in [0.1, 0.15) is 62.3 Å². The van der Waals surface area contributed by atoms with E-state index in [1.807, 2.05) is 0 Å². The lowest BCUT2D eigenvalue weighted by Gasteiger charge is -2.28. The quantitative estimate of drug-likeness (QED) is 0.140. The summed E-state index contributed by atoms with van der Waals surface area (Å²) in [6.45, 7) is 22.4. The first kappa shape index (κ1) is 36.0. The van der Waals surface area contributed by atoms with Crippen molar-refractivity contribution in [2.75, 3.05) is 11.5 Å². The van der Waals surface area contributed by atoms with Crippen molar-refractivity contribution in [3.63, 3.8) is 0 Å². The average Bonchev–Trinajstić information content (AvgIpc) is 3.38. The normalized spacial score (nSPS) is 12.7. The molecule has 15 heteroatoms. The number of aromatic nitrogens is 5. The second-order valence-corrected chi connectivity index (χ2v) is 20.7. The van der Waals surface area contributed by atoms with E-state index in [-0.39, 0.29) is 23.5 Å². The summed E-state index contributed by atoms with van der Waals surface area (Å²) in [4.78, 5) is 55.1. The largest absolute Gasteiger partial charge is 0.443 e. The Morgan fingerprint density at radius 3 is 1.96 bits per heavy atom. The summed E-state index contributed by atoms with van der Waals surface area (Å²) in [5.41, 5.74) is -2.37. The molecule has 0 spiro atoms. The van der Waals surface area contributed by atoms with Crippen molar-refractivity contribution in [2.45, 2.75) is 112 Å². The molecule has 0 saturated carbocycles. The lowest BCUT2D eigenvalue weighted by Crippen LogP contribution is -2.45. The van der Waals surface area contributed by atoms with Crippen LogP contribution in [0, 0.1) is 0 Å². The third-order valence-electron chi connectivity index (χ3n) is 5.72. The van der Waals surface area contributed by atoms with Gasteiger partial charge in [-0.05, 0) is 74.4 Å². The van der Waals surface area contributed by atoms with Gasteiger partial charge in [-0.1, -0.05) is 31.2 Å². The smallest absolute Gasteiger partial charge is 0.427 e. The second kappa shape index (κ2) is 13.1. The molecule has 13 nitrogen and oxygen atoms in total. The molecule has 0 aromatic carbocycles. The number of ether oxygens (including phenoxy) is 4. The van der Waals surface area contributed by atoms with E-state index in [4.69, 9.17) is 30.5 Å². The Bertz CT molecular complexity index is 1530. The standard InChI is InChI=1S/C30H45ClN6O7Si/c1-28(2,3)42-25(38)36-19-13-14-32-22(23-33-17-20(31)35(23)18-41-15-16-45(10,11)12)21(19)34-24(36)37(26(39)43-29(4,5)6)27(40)44-30(7,8)9/h13-14,17H,15-16,18H2,1-12H3. The van der Waals surface area contributed by atoms with E-state index >= 15 is 0 Å². The van der Waals surface area contributed by atoms with Crippen LogP contribution in [0.25, 0.3) is 22.6 Å². The van der Waals surface area contributed by atoms with E-state index < -0.39 is 49.1 Å². The molecule has 3 aromatic heterocycles. The lowest BCUT2D eigenvalue weighted by molar-refractivity contribution is 0.0424. The molecule has 2 amide bonds. The van der Waals surface area contributed by atoms with Crippen molar-refractivity contribution in [3.05, 3.63) is 23.6 Å². The van der Waals surface area contributed by atoms with Crippen LogP contribution in [-0.4, -0.2) is 73.8 Å². The van der Waals surface area contributed by atoms with Gasteiger partial charge in [0.05, 0.1) is 11.7 Å². The zero-order valence-corrected chi connectivity index (χ0v) is 30.0. The van der Waals surface area contributed by atoms with Gasteiger partial charge in [-0.3, -0.25) is 9.55 Å². The van der Waals surface area contributed by atoms with Crippen LogP contribution < -0.4 is 4.90 Å². The van der Waals surface area contributed by atoms with E-state index in [0.29, 0.717) is 22.5 Å². The molecule has 0 saturated heterocycles. The van der Waals surface area contributed by atoms with Crippen molar-refractivity contribution in [3.8, 4) is 11.5 Å². The Morgan fingerprint density at radius 1 is 0.889 bits per heavy atom. The highest BCUT2D eigenvalue weighted by atomic mass is 35.5. The van der Waals surface area contributed by atoms with Crippen LogP contribution in [0.15, 0.2) is 18.5 Å². The van der Waals surface area contributed by atoms with Gasteiger partial charge in [0, 0.05) is 20.9 Å². The number of nitrogens with zero attached hydrogens (tertiary/aromatic N) is 6. The van der Waals surface area contributed by atoms with Crippen LogP contribution in [0.3, 0.4) is 0 Å². The molecular weight excluding hydrogens is 620 g/mol. The summed E-state index contributed by atoms with van der Waals surface area (Å²) in [7, 11) is -1.33. The predicted octanol–water partition coefficient (Wildman–Crippen LogP) is 7.72. The molecule has 0 aliphatic carbocycles. The molecule has 3 heterocycles. The number of imidazole rings is 2. The summed E-state index contributed by atoms with van der Waals surface area (Å²) in [6.07, 6.45) is -0.198. The fourth-order valence-corrected chi connectivity index (χ4v) is 4.78. The third kappa shape index (κ3) is 9.75. The number of anilines is 1. The Kier molecular flexibility index (Phi) is 10.5. The van der Waals surface area contributed by atoms with E-state index in [0.717, 1.165) is 10.6 Å². The maximum Gasteiger partial charge on any atom is 0.427 e. The molecule has 0 bridgehead atoms. The molecule has 248 valence electrons. The predicted molar refractivity (Wildman–Crippen MR) is 174 cm³/mol. The fraction of sp³-hybridized carbons (Fsp3) is 0.600. The number of imide groups is 1. The number of rotatable bonds is 7. The van der Waals surface area contributed by atoms with Crippen molar-refractivity contribution in [1.29, 1.82) is 0 Å². The minimum absolute atomic E-state index is 0.0955. The number of carbonyl (C=O) groups excluding carboxylic acids is 3. The highest BCUT2D eigenvalue weighted by Crippen LogP contribution is 2.33. The number of amides is 2. The molecule has 0 aliphatic heterocycles. The van der Waals surface area contributed by atoms with Crippen molar-refractivity contribution < 1.29 is 33.3 Å². The zero-order chi connectivity index (χ0) is 34.1. The number of carbonyl (C=O) groups is 3. The maximum atomic E-state index is 13.7. The average molecular weight is 665 g/mol. The Morgan fingerprint density at radius 2 is 1.44 bits per heavy atom. The highest BCUT2D eigenvalue weighted by molar-refractivity contribution is 6.76. The molecule has 0 fully saturated rings. The van der Waals surface area contributed by atoms with Crippen LogP contribution >= 0.6 is 11.6 Å². The van der Waals surface area contributed by atoms with E-state index in [1.54, 1.807) is 66.9 Å². The molecular formula is C30H45ClN6O7Si. The van der Waals surface area contributed by atoms with Crippen LogP contribution in [-0.2, 0) is 25.7 Å². The van der Waals surface area contributed by atoms with Gasteiger partial charge in [0.15, 0.2) is 5.82 Å². The Hall–Kier alpha value is -3.49. The number of halogens is 1. The molecule has 45 heavy (non-hydrogen) atoms. The van der Waals surface area contributed by atoms with Crippen molar-refractivity contribution >= 4 is 54.9 Å². The van der Waals surface area contributed by atoms with Gasteiger partial charge in [-0.25, -0.2) is 28.9 Å². The first-order valence-electron chi connectivity index (χ1n) is 14.6. The van der Waals surface area contributed by atoms with Gasteiger partial charge in [0.2, 0.25) is 5.95 Å². The van der Waals surface area contributed by atoms with Gasteiger partial charge in [0.25, 0.3) is 0 Å². The Balaban J connectivity index is 2.27. The first-order chi connectivity index (χ1) is 20.5.